The summed E-state index contributed by atoms with van der Waals surface area (Å²) >= 11 is 0. The minimum atomic E-state index is -0.973. The van der Waals surface area contributed by atoms with E-state index in [0.717, 1.165) is 5.56 Å². The van der Waals surface area contributed by atoms with Gasteiger partial charge >= 0.3 is 11.8 Å². The van der Waals surface area contributed by atoms with Crippen molar-refractivity contribution in [3.8, 4) is 0 Å². The minimum Gasteiger partial charge on any atom is -0.336 e. The second-order valence-electron chi connectivity index (χ2n) is 7.38. The molecule has 7 nitrogen and oxygen atoms in total. The first kappa shape index (κ1) is 23.4. The normalized spacial score (nSPS) is 11.2. The average Bonchev–Trinajstić information content (AvgIpc) is 2.84. The fourth-order valence-electron chi connectivity index (χ4n) is 3.20. The summed E-state index contributed by atoms with van der Waals surface area (Å²) in [6.45, 7) is 1.74. The van der Waals surface area contributed by atoms with Crippen molar-refractivity contribution in [1.29, 1.82) is 0 Å². The number of ketones is 1. The smallest absolute Gasteiger partial charge is 0.313 e. The maximum atomic E-state index is 12.9. The van der Waals surface area contributed by atoms with Gasteiger partial charge in [-0.15, -0.1) is 0 Å². The molecule has 3 N–H and O–H groups in total. The van der Waals surface area contributed by atoms with Gasteiger partial charge in [0.15, 0.2) is 5.78 Å². The Labute approximate surface area is 192 Å². The van der Waals surface area contributed by atoms with E-state index in [4.69, 9.17) is 0 Å². The highest BCUT2D eigenvalue weighted by atomic mass is 16.2. The van der Waals surface area contributed by atoms with E-state index in [1.54, 1.807) is 49.4 Å². The Morgan fingerprint density at radius 1 is 0.727 bits per heavy atom. The maximum Gasteiger partial charge on any atom is 0.313 e. The van der Waals surface area contributed by atoms with Gasteiger partial charge in [0.05, 0.1) is 0 Å². The van der Waals surface area contributed by atoms with Crippen LogP contribution in [0.1, 0.15) is 29.3 Å². The van der Waals surface area contributed by atoms with Gasteiger partial charge in [-0.05, 0) is 29.8 Å². The number of carbonyl (C=O) groups is 4. The second-order valence-corrected chi connectivity index (χ2v) is 7.38. The van der Waals surface area contributed by atoms with E-state index in [1.165, 1.54) is 6.07 Å². The van der Waals surface area contributed by atoms with Crippen molar-refractivity contribution < 1.29 is 19.2 Å². The molecule has 3 rings (SSSR count). The zero-order valence-corrected chi connectivity index (χ0v) is 18.2. The van der Waals surface area contributed by atoms with Crippen LogP contribution in [0.3, 0.4) is 0 Å². The maximum absolute atomic E-state index is 12.9. The van der Waals surface area contributed by atoms with Gasteiger partial charge in [0.1, 0.15) is 6.04 Å². The van der Waals surface area contributed by atoms with Gasteiger partial charge in [-0.1, -0.05) is 67.6 Å². The van der Waals surface area contributed by atoms with Gasteiger partial charge < -0.3 is 16.0 Å². The van der Waals surface area contributed by atoms with Gasteiger partial charge in [0.2, 0.25) is 5.91 Å². The zero-order valence-electron chi connectivity index (χ0n) is 18.2. The van der Waals surface area contributed by atoms with E-state index < -0.39 is 23.8 Å². The third-order valence-electron chi connectivity index (χ3n) is 4.92. The number of hydrogen-bond donors (Lipinski definition) is 3. The van der Waals surface area contributed by atoms with Gasteiger partial charge in [-0.3, -0.25) is 19.2 Å². The molecule has 3 amide bonds. The number of para-hydroxylation sites is 1. The number of rotatable bonds is 8. The molecule has 0 saturated heterocycles. The fourth-order valence-corrected chi connectivity index (χ4v) is 3.20. The van der Waals surface area contributed by atoms with Crippen molar-refractivity contribution in [3.05, 3.63) is 96.1 Å². The Morgan fingerprint density at radius 2 is 1.36 bits per heavy atom. The number of anilines is 2. The molecule has 0 aromatic heterocycles. The lowest BCUT2D eigenvalue weighted by Crippen LogP contribution is -2.48. The van der Waals surface area contributed by atoms with E-state index in [2.05, 4.69) is 16.0 Å². The lowest BCUT2D eigenvalue weighted by molar-refractivity contribution is -0.137. The van der Waals surface area contributed by atoms with Crippen LogP contribution in [0.4, 0.5) is 11.4 Å². The number of Topliss-reactive ketones (excluding diaryl/α,β-unsaturated/α-hetero) is 1. The monoisotopic (exact) mass is 443 g/mol. The molecule has 0 heterocycles. The summed E-state index contributed by atoms with van der Waals surface area (Å²) in [7, 11) is 0. The van der Waals surface area contributed by atoms with E-state index in [0.29, 0.717) is 23.4 Å². The fraction of sp³-hybridized carbons (Fsp3) is 0.154. The summed E-state index contributed by atoms with van der Waals surface area (Å²) in [5.41, 5.74) is 2.18. The summed E-state index contributed by atoms with van der Waals surface area (Å²) in [5, 5.41) is 7.77. The Morgan fingerprint density at radius 3 is 2.03 bits per heavy atom. The van der Waals surface area contributed by atoms with Crippen molar-refractivity contribution >= 4 is 34.9 Å². The summed E-state index contributed by atoms with van der Waals surface area (Å²) < 4.78 is 0. The number of amides is 3. The Balaban J connectivity index is 1.71. The standard InChI is InChI=1S/C26H25N3O4/c1-2-23(30)19-12-9-15-21(17-19)28-25(32)26(33)29-22(16-18-10-5-3-6-11-18)24(31)27-20-13-7-4-8-14-20/h3-15,17,22H,2,16H2,1H3,(H,27,31)(H,28,32)(H,29,33)/t22-/m1/s1. The Hall–Kier alpha value is -4.26. The highest BCUT2D eigenvalue weighted by Crippen LogP contribution is 2.13. The van der Waals surface area contributed by atoms with Gasteiger partial charge in [-0.25, -0.2) is 0 Å². The topological polar surface area (TPSA) is 104 Å². The molecule has 1 atom stereocenters. The van der Waals surface area contributed by atoms with E-state index in [9.17, 15) is 19.2 Å². The van der Waals surface area contributed by atoms with Crippen LogP contribution in [-0.4, -0.2) is 29.5 Å². The molecule has 7 heteroatoms. The lowest BCUT2D eigenvalue weighted by Gasteiger charge is -2.18. The predicted octanol–water partition coefficient (Wildman–Crippen LogP) is 3.58. The van der Waals surface area contributed by atoms with Crippen LogP contribution in [0.25, 0.3) is 0 Å². The van der Waals surface area contributed by atoms with Gasteiger partial charge in [-0.2, -0.15) is 0 Å². The van der Waals surface area contributed by atoms with E-state index >= 15 is 0 Å². The third kappa shape index (κ3) is 6.87. The van der Waals surface area contributed by atoms with Crippen molar-refractivity contribution in [3.63, 3.8) is 0 Å². The van der Waals surface area contributed by atoms with E-state index in [-0.39, 0.29) is 12.2 Å². The molecule has 0 aliphatic rings. The molecule has 0 radical (unpaired) electrons. The third-order valence-corrected chi connectivity index (χ3v) is 4.92. The highest BCUT2D eigenvalue weighted by Gasteiger charge is 2.25. The molecule has 0 aliphatic carbocycles. The molecule has 0 unspecified atom stereocenters. The molecule has 0 fully saturated rings. The van der Waals surface area contributed by atoms with Crippen LogP contribution >= 0.6 is 0 Å². The first-order chi connectivity index (χ1) is 16.0. The molecular formula is C26H25N3O4. The second kappa shape index (κ2) is 11.4. The van der Waals surface area contributed by atoms with Crippen molar-refractivity contribution in [2.75, 3.05) is 10.6 Å². The van der Waals surface area contributed by atoms with Crippen LogP contribution in [0, 0.1) is 0 Å². The Bertz CT molecular complexity index is 1130. The van der Waals surface area contributed by atoms with Gasteiger partial charge in [0.25, 0.3) is 0 Å². The Kier molecular flexibility index (Phi) is 8.07. The van der Waals surface area contributed by atoms with Crippen LogP contribution in [0.5, 0.6) is 0 Å². The van der Waals surface area contributed by atoms with Crippen LogP contribution < -0.4 is 16.0 Å². The zero-order chi connectivity index (χ0) is 23.6. The van der Waals surface area contributed by atoms with Crippen LogP contribution in [0.15, 0.2) is 84.9 Å². The van der Waals surface area contributed by atoms with Crippen LogP contribution in [0.2, 0.25) is 0 Å². The van der Waals surface area contributed by atoms with Crippen molar-refractivity contribution in [2.24, 2.45) is 0 Å². The molecule has 0 saturated carbocycles. The number of benzene rings is 3. The first-order valence-corrected chi connectivity index (χ1v) is 10.6. The minimum absolute atomic E-state index is 0.0731. The van der Waals surface area contributed by atoms with Crippen LogP contribution in [-0.2, 0) is 20.8 Å². The highest BCUT2D eigenvalue weighted by molar-refractivity contribution is 6.40. The summed E-state index contributed by atoms with van der Waals surface area (Å²) in [6, 6.07) is 23.5. The quantitative estimate of drug-likeness (QED) is 0.366. The molecule has 3 aromatic carbocycles. The van der Waals surface area contributed by atoms with E-state index in [1.807, 2.05) is 36.4 Å². The number of nitrogens with one attached hydrogen (secondary N) is 3. The summed E-state index contributed by atoms with van der Waals surface area (Å²) in [6.07, 6.45) is 0.536. The molecule has 3 aromatic rings. The predicted molar refractivity (Wildman–Crippen MR) is 127 cm³/mol. The summed E-state index contributed by atoms with van der Waals surface area (Å²) in [5.74, 6) is -2.40. The number of hydrogen-bond acceptors (Lipinski definition) is 4. The largest absolute Gasteiger partial charge is 0.336 e. The molecule has 0 aliphatic heterocycles. The number of carbonyl (C=O) groups excluding carboxylic acids is 4. The SMILES string of the molecule is CCC(=O)c1cccc(NC(=O)C(=O)N[C@H](Cc2ccccc2)C(=O)Nc2ccccc2)c1. The molecule has 168 valence electrons. The average molecular weight is 444 g/mol. The molecular weight excluding hydrogens is 418 g/mol. The molecule has 33 heavy (non-hydrogen) atoms. The first-order valence-electron chi connectivity index (χ1n) is 10.6. The molecule has 0 bridgehead atoms. The summed E-state index contributed by atoms with van der Waals surface area (Å²) in [4.78, 5) is 49.9. The van der Waals surface area contributed by atoms with Crippen molar-refractivity contribution in [1.82, 2.24) is 5.32 Å². The van der Waals surface area contributed by atoms with Crippen molar-refractivity contribution in [2.45, 2.75) is 25.8 Å². The lowest BCUT2D eigenvalue weighted by atomic mass is 10.0. The molecule has 0 spiro atoms. The van der Waals surface area contributed by atoms with Gasteiger partial charge in [0, 0.05) is 29.8 Å².